The highest BCUT2D eigenvalue weighted by Crippen LogP contribution is 2.25. The second kappa shape index (κ2) is 5.42. The molecule has 0 unspecified atom stereocenters. The Morgan fingerprint density at radius 1 is 1.45 bits per heavy atom. The van der Waals surface area contributed by atoms with Gasteiger partial charge in [0.05, 0.1) is 22.0 Å². The fourth-order valence-electron chi connectivity index (χ4n) is 1.99. The maximum Gasteiger partial charge on any atom is 0.312 e. The summed E-state index contributed by atoms with van der Waals surface area (Å²) in [6.45, 7) is 0. The van der Waals surface area contributed by atoms with Gasteiger partial charge in [0.25, 0.3) is 0 Å². The van der Waals surface area contributed by atoms with E-state index in [-0.39, 0.29) is 34.6 Å². The summed E-state index contributed by atoms with van der Waals surface area (Å²) in [6.07, 6.45) is 2.03. The van der Waals surface area contributed by atoms with Gasteiger partial charge in [0.15, 0.2) is 0 Å². The normalized spacial score (nSPS) is 18.1. The lowest BCUT2D eigenvalue weighted by Crippen LogP contribution is -2.32. The zero-order chi connectivity index (χ0) is 14.8. The van der Waals surface area contributed by atoms with Crippen LogP contribution in [0, 0.1) is 21.4 Å². The Morgan fingerprint density at radius 2 is 2.10 bits per heavy atom. The van der Waals surface area contributed by atoms with Crippen LogP contribution in [0.3, 0.4) is 0 Å². The Kier molecular flexibility index (Phi) is 3.85. The number of nitrogens with zero attached hydrogens (tertiary/aromatic N) is 3. The van der Waals surface area contributed by atoms with Gasteiger partial charge in [-0.1, -0.05) is 0 Å². The van der Waals surface area contributed by atoms with Crippen LogP contribution >= 0.6 is 0 Å². The van der Waals surface area contributed by atoms with Crippen LogP contribution in [0.2, 0.25) is 0 Å². The monoisotopic (exact) mass is 296 g/mol. The molecule has 2 rings (SSSR count). The summed E-state index contributed by atoms with van der Waals surface area (Å²) >= 11 is 0. The van der Waals surface area contributed by atoms with Gasteiger partial charge in [0, 0.05) is 18.3 Å². The molecule has 1 N–H and O–H groups in total. The summed E-state index contributed by atoms with van der Waals surface area (Å²) in [5.74, 6) is 0.196. The average molecular weight is 296 g/mol. The van der Waals surface area contributed by atoms with Crippen LogP contribution in [0.15, 0.2) is 12.3 Å². The minimum absolute atomic E-state index is 0.0642. The van der Waals surface area contributed by atoms with Crippen LogP contribution in [0.4, 0.5) is 11.5 Å². The number of aromatic nitrogens is 1. The van der Waals surface area contributed by atoms with Crippen LogP contribution in [0.25, 0.3) is 0 Å². The van der Waals surface area contributed by atoms with Gasteiger partial charge in [-0.2, -0.15) is 5.26 Å². The number of hydrogen-bond acceptors (Lipinski definition) is 7. The predicted octanol–water partition coefficient (Wildman–Crippen LogP) is 0.851. The molecule has 2 heterocycles. The quantitative estimate of drug-likeness (QED) is 0.647. The topological polar surface area (TPSA) is 126 Å². The fourth-order valence-corrected chi connectivity index (χ4v) is 3.48. The molecule has 0 radical (unpaired) electrons. The fraction of sp³-hybridized carbons (Fsp3) is 0.455. The highest BCUT2D eigenvalue weighted by Gasteiger charge is 2.26. The third kappa shape index (κ3) is 3.21. The van der Waals surface area contributed by atoms with Crippen molar-refractivity contribution < 1.29 is 13.3 Å². The van der Waals surface area contributed by atoms with Gasteiger partial charge in [-0.3, -0.25) is 10.1 Å². The lowest BCUT2D eigenvalue weighted by molar-refractivity contribution is -0.384. The average Bonchev–Trinajstić information content (AvgIpc) is 2.41. The molecule has 20 heavy (non-hydrogen) atoms. The van der Waals surface area contributed by atoms with E-state index in [4.69, 9.17) is 5.26 Å². The summed E-state index contributed by atoms with van der Waals surface area (Å²) in [4.78, 5) is 14.2. The predicted molar refractivity (Wildman–Crippen MR) is 70.9 cm³/mol. The third-order valence-corrected chi connectivity index (χ3v) is 4.80. The molecule has 0 aromatic carbocycles. The zero-order valence-corrected chi connectivity index (χ0v) is 11.3. The smallest absolute Gasteiger partial charge is 0.312 e. The molecule has 0 saturated carbocycles. The van der Waals surface area contributed by atoms with Crippen LogP contribution in [0.5, 0.6) is 0 Å². The largest absolute Gasteiger partial charge is 0.362 e. The van der Waals surface area contributed by atoms with Crippen LogP contribution in [-0.4, -0.2) is 35.9 Å². The van der Waals surface area contributed by atoms with E-state index in [9.17, 15) is 18.5 Å². The number of nitriles is 1. The second-order valence-corrected chi connectivity index (χ2v) is 6.83. The van der Waals surface area contributed by atoms with Gasteiger partial charge in [-0.25, -0.2) is 13.4 Å². The van der Waals surface area contributed by atoms with Gasteiger partial charge in [-0.15, -0.1) is 0 Å². The summed E-state index contributed by atoms with van der Waals surface area (Å²) < 4.78 is 22.6. The van der Waals surface area contributed by atoms with Crippen molar-refractivity contribution in [3.05, 3.63) is 27.9 Å². The first-order valence-corrected chi connectivity index (χ1v) is 7.75. The molecule has 0 bridgehead atoms. The number of sulfone groups is 1. The van der Waals surface area contributed by atoms with Crippen molar-refractivity contribution in [2.75, 3.05) is 16.8 Å². The minimum Gasteiger partial charge on any atom is -0.362 e. The Bertz CT molecular complexity index is 666. The van der Waals surface area contributed by atoms with Crippen molar-refractivity contribution in [2.45, 2.75) is 18.9 Å². The first-order chi connectivity index (χ1) is 9.41. The highest BCUT2D eigenvalue weighted by molar-refractivity contribution is 7.91. The standard InChI is InChI=1S/C11H12N4O4S/c12-6-8-5-10(15(16)17)11(13-7-8)14-9-1-3-20(18,19)4-2-9/h5,7,9H,1-4H2,(H,13,14). The summed E-state index contributed by atoms with van der Waals surface area (Å²) in [5.41, 5.74) is -0.175. The molecule has 0 spiro atoms. The maximum absolute atomic E-state index is 11.3. The zero-order valence-electron chi connectivity index (χ0n) is 10.4. The van der Waals surface area contributed by atoms with Crippen LogP contribution < -0.4 is 5.32 Å². The first-order valence-electron chi connectivity index (χ1n) is 5.93. The minimum atomic E-state index is -2.98. The summed E-state index contributed by atoms with van der Waals surface area (Å²) in [5, 5.41) is 22.6. The van der Waals surface area contributed by atoms with Crippen molar-refractivity contribution in [2.24, 2.45) is 0 Å². The van der Waals surface area contributed by atoms with E-state index >= 15 is 0 Å². The molecule has 1 aromatic rings. The molecule has 106 valence electrons. The van der Waals surface area contributed by atoms with Gasteiger partial charge in [0.1, 0.15) is 15.9 Å². The highest BCUT2D eigenvalue weighted by atomic mass is 32.2. The van der Waals surface area contributed by atoms with E-state index in [2.05, 4.69) is 10.3 Å². The molecule has 8 nitrogen and oxygen atoms in total. The second-order valence-electron chi connectivity index (χ2n) is 4.53. The number of anilines is 1. The van der Waals surface area contributed by atoms with E-state index in [0.717, 1.165) is 6.07 Å². The van der Waals surface area contributed by atoms with Crippen LogP contribution in [0.1, 0.15) is 18.4 Å². The lowest BCUT2D eigenvalue weighted by Gasteiger charge is -2.23. The van der Waals surface area contributed by atoms with E-state index in [1.54, 1.807) is 6.07 Å². The Morgan fingerprint density at radius 3 is 2.65 bits per heavy atom. The van der Waals surface area contributed by atoms with E-state index in [1.165, 1.54) is 6.20 Å². The molecule has 1 aliphatic heterocycles. The summed E-state index contributed by atoms with van der Waals surface area (Å²) in [6, 6.07) is 2.77. The maximum atomic E-state index is 11.3. The molecule has 0 amide bonds. The molecular formula is C11H12N4O4S. The van der Waals surface area contributed by atoms with Gasteiger partial charge < -0.3 is 5.32 Å². The van der Waals surface area contributed by atoms with Crippen molar-refractivity contribution in [3.8, 4) is 6.07 Å². The first kappa shape index (κ1) is 14.2. The molecule has 1 saturated heterocycles. The van der Waals surface area contributed by atoms with Crippen LogP contribution in [-0.2, 0) is 9.84 Å². The number of pyridine rings is 1. The Labute approximate surface area is 115 Å². The molecule has 1 aromatic heterocycles. The Balaban J connectivity index is 2.18. The van der Waals surface area contributed by atoms with Crippen molar-refractivity contribution in [3.63, 3.8) is 0 Å². The number of nitro groups is 1. The molecule has 9 heteroatoms. The number of hydrogen-bond donors (Lipinski definition) is 1. The molecule has 0 aliphatic carbocycles. The van der Waals surface area contributed by atoms with E-state index < -0.39 is 14.8 Å². The van der Waals surface area contributed by atoms with Crippen molar-refractivity contribution in [1.29, 1.82) is 5.26 Å². The van der Waals surface area contributed by atoms with Crippen molar-refractivity contribution in [1.82, 2.24) is 4.98 Å². The SMILES string of the molecule is N#Cc1cnc(NC2CCS(=O)(=O)CC2)c([N+](=O)[O-])c1. The molecule has 1 aliphatic rings. The van der Waals surface area contributed by atoms with E-state index in [1.807, 2.05) is 0 Å². The van der Waals surface area contributed by atoms with Gasteiger partial charge in [-0.05, 0) is 12.8 Å². The summed E-state index contributed by atoms with van der Waals surface area (Å²) in [7, 11) is -2.98. The van der Waals surface area contributed by atoms with E-state index in [0.29, 0.717) is 12.8 Å². The van der Waals surface area contributed by atoms with Gasteiger partial charge >= 0.3 is 5.69 Å². The molecule has 1 fully saturated rings. The third-order valence-electron chi connectivity index (χ3n) is 3.09. The van der Waals surface area contributed by atoms with Gasteiger partial charge in [0.2, 0.25) is 5.82 Å². The molecular weight excluding hydrogens is 284 g/mol. The number of nitrogens with one attached hydrogen (secondary N) is 1. The lowest BCUT2D eigenvalue weighted by atomic mass is 10.1. The number of rotatable bonds is 3. The molecule has 0 atom stereocenters. The van der Waals surface area contributed by atoms with Crippen molar-refractivity contribution >= 4 is 21.3 Å². The Hall–Kier alpha value is -2.21.